The van der Waals surface area contributed by atoms with E-state index in [0.29, 0.717) is 65.2 Å². The average Bonchev–Trinajstić information content (AvgIpc) is 3.42. The van der Waals surface area contributed by atoms with Gasteiger partial charge in [0.05, 0.1) is 0 Å². The molecule has 0 bridgehead atoms. The van der Waals surface area contributed by atoms with Crippen LogP contribution in [-0.2, 0) is 19.2 Å². The molecule has 25 heavy (non-hydrogen) atoms. The van der Waals surface area contributed by atoms with Gasteiger partial charge in [0, 0.05) is 66.2 Å². The van der Waals surface area contributed by atoms with Crippen LogP contribution in [0.1, 0.15) is 26.7 Å². The lowest BCUT2D eigenvalue weighted by molar-refractivity contribution is -0.153. The lowest BCUT2D eigenvalue weighted by atomic mass is 10.0. The molecule has 138 valence electrons. The molecule has 0 aromatic heterocycles. The minimum Gasteiger partial charge on any atom is -0.339 e. The van der Waals surface area contributed by atoms with Crippen LogP contribution in [0, 0.1) is 5.41 Å². The van der Waals surface area contributed by atoms with E-state index in [1.807, 2.05) is 0 Å². The molecule has 2 heterocycles. The van der Waals surface area contributed by atoms with Crippen molar-refractivity contribution < 1.29 is 19.2 Å². The maximum atomic E-state index is 12.9. The van der Waals surface area contributed by atoms with Gasteiger partial charge in [0.2, 0.25) is 23.6 Å². The molecule has 1 aliphatic carbocycles. The average molecular weight is 350 g/mol. The molecule has 0 spiro atoms. The van der Waals surface area contributed by atoms with E-state index in [4.69, 9.17) is 0 Å². The number of hydrogen-bond donors (Lipinski definition) is 0. The van der Waals surface area contributed by atoms with Crippen LogP contribution in [0.25, 0.3) is 0 Å². The number of piperazine rings is 2. The Labute approximate surface area is 147 Å². The number of carbonyl (C=O) groups is 4. The summed E-state index contributed by atoms with van der Waals surface area (Å²) in [4.78, 5) is 55.6. The van der Waals surface area contributed by atoms with Crippen molar-refractivity contribution in [1.29, 1.82) is 0 Å². The Hall–Kier alpha value is -2.12. The second kappa shape index (κ2) is 6.65. The quantitative estimate of drug-likeness (QED) is 0.608. The van der Waals surface area contributed by atoms with Gasteiger partial charge in [0.1, 0.15) is 5.41 Å². The Morgan fingerprint density at radius 2 is 0.840 bits per heavy atom. The second-order valence-corrected chi connectivity index (χ2v) is 7.18. The van der Waals surface area contributed by atoms with Gasteiger partial charge < -0.3 is 19.6 Å². The maximum absolute atomic E-state index is 12.9. The predicted octanol–water partition coefficient (Wildman–Crippen LogP) is -0.852. The molecule has 3 fully saturated rings. The largest absolute Gasteiger partial charge is 0.339 e. The van der Waals surface area contributed by atoms with Crippen molar-refractivity contribution in [2.75, 3.05) is 52.4 Å². The summed E-state index contributed by atoms with van der Waals surface area (Å²) in [5.41, 5.74) is -0.892. The third-order valence-corrected chi connectivity index (χ3v) is 5.59. The molecule has 0 aromatic rings. The first-order chi connectivity index (χ1) is 11.8. The number of rotatable bonds is 2. The molecule has 4 amide bonds. The molecule has 3 rings (SSSR count). The molecule has 0 radical (unpaired) electrons. The summed E-state index contributed by atoms with van der Waals surface area (Å²) in [6.45, 7) is 7.15. The number of nitrogens with zero attached hydrogens (tertiary/aromatic N) is 4. The summed E-state index contributed by atoms with van der Waals surface area (Å²) in [6, 6.07) is 0. The van der Waals surface area contributed by atoms with Gasteiger partial charge >= 0.3 is 0 Å². The van der Waals surface area contributed by atoms with Crippen LogP contribution in [0.3, 0.4) is 0 Å². The van der Waals surface area contributed by atoms with Crippen molar-refractivity contribution in [3.63, 3.8) is 0 Å². The van der Waals surface area contributed by atoms with Gasteiger partial charge in [-0.3, -0.25) is 19.2 Å². The van der Waals surface area contributed by atoms with Gasteiger partial charge in [-0.25, -0.2) is 0 Å². The number of hydrogen-bond acceptors (Lipinski definition) is 4. The Morgan fingerprint density at radius 3 is 1.08 bits per heavy atom. The van der Waals surface area contributed by atoms with Crippen molar-refractivity contribution in [2.24, 2.45) is 5.41 Å². The standard InChI is InChI=1S/C17H26N4O4/c1-13(22)18-5-9-20(10-6-18)15(24)17(3-4-17)16(25)21-11-7-19(8-12-21)14(2)23/h3-12H2,1-2H3. The second-order valence-electron chi connectivity index (χ2n) is 7.18. The van der Waals surface area contributed by atoms with E-state index >= 15 is 0 Å². The van der Waals surface area contributed by atoms with Crippen LogP contribution in [0.15, 0.2) is 0 Å². The van der Waals surface area contributed by atoms with Crippen LogP contribution in [-0.4, -0.2) is 95.6 Å². The third kappa shape index (κ3) is 3.34. The van der Waals surface area contributed by atoms with E-state index in [2.05, 4.69) is 0 Å². The van der Waals surface area contributed by atoms with E-state index in [1.54, 1.807) is 19.6 Å². The predicted molar refractivity (Wildman–Crippen MR) is 89.3 cm³/mol. The summed E-state index contributed by atoms with van der Waals surface area (Å²) in [5, 5.41) is 0. The van der Waals surface area contributed by atoms with Gasteiger partial charge in [-0.05, 0) is 12.8 Å². The first kappa shape index (κ1) is 17.7. The van der Waals surface area contributed by atoms with Crippen LogP contribution in [0.4, 0.5) is 0 Å². The molecule has 0 atom stereocenters. The van der Waals surface area contributed by atoms with E-state index in [0.717, 1.165) is 0 Å². The van der Waals surface area contributed by atoms with Gasteiger partial charge in [-0.1, -0.05) is 0 Å². The van der Waals surface area contributed by atoms with E-state index in [1.165, 1.54) is 13.8 Å². The van der Waals surface area contributed by atoms with Crippen molar-refractivity contribution in [3.8, 4) is 0 Å². The minimum absolute atomic E-state index is 0.0210. The normalized spacial score (nSPS) is 22.6. The number of amides is 4. The zero-order valence-corrected chi connectivity index (χ0v) is 15.0. The Morgan fingerprint density at radius 1 is 0.560 bits per heavy atom. The van der Waals surface area contributed by atoms with Gasteiger partial charge in [-0.15, -0.1) is 0 Å². The minimum atomic E-state index is -0.892. The molecular formula is C17H26N4O4. The Kier molecular flexibility index (Phi) is 4.71. The topological polar surface area (TPSA) is 81.2 Å². The van der Waals surface area contributed by atoms with Crippen molar-refractivity contribution in [3.05, 3.63) is 0 Å². The fourth-order valence-electron chi connectivity index (χ4n) is 3.70. The summed E-state index contributed by atoms with van der Waals surface area (Å²) in [7, 11) is 0. The number of carbonyl (C=O) groups excluding carboxylic acids is 4. The lowest BCUT2D eigenvalue weighted by Crippen LogP contribution is -2.56. The van der Waals surface area contributed by atoms with Crippen LogP contribution in [0.2, 0.25) is 0 Å². The first-order valence-corrected chi connectivity index (χ1v) is 8.95. The molecule has 0 unspecified atom stereocenters. The maximum Gasteiger partial charge on any atom is 0.238 e. The molecule has 1 saturated carbocycles. The van der Waals surface area contributed by atoms with E-state index in [-0.39, 0.29) is 23.6 Å². The highest BCUT2D eigenvalue weighted by Gasteiger charge is 2.59. The zero-order chi connectivity index (χ0) is 18.2. The summed E-state index contributed by atoms with van der Waals surface area (Å²) in [6.07, 6.45) is 1.20. The molecule has 2 saturated heterocycles. The summed E-state index contributed by atoms with van der Waals surface area (Å²) < 4.78 is 0. The highest BCUT2D eigenvalue weighted by Crippen LogP contribution is 2.49. The van der Waals surface area contributed by atoms with Crippen LogP contribution < -0.4 is 0 Å². The summed E-state index contributed by atoms with van der Waals surface area (Å²) >= 11 is 0. The lowest BCUT2D eigenvalue weighted by Gasteiger charge is -2.38. The molecule has 8 heteroatoms. The molecule has 8 nitrogen and oxygen atoms in total. The van der Waals surface area contributed by atoms with Crippen LogP contribution >= 0.6 is 0 Å². The van der Waals surface area contributed by atoms with Gasteiger partial charge in [0.15, 0.2) is 0 Å². The zero-order valence-electron chi connectivity index (χ0n) is 15.0. The van der Waals surface area contributed by atoms with E-state index < -0.39 is 5.41 Å². The SMILES string of the molecule is CC(=O)N1CCN(C(=O)C2(C(=O)N3CCN(C(C)=O)CC3)CC2)CC1. The molecule has 0 aromatic carbocycles. The van der Waals surface area contributed by atoms with Gasteiger partial charge in [0.25, 0.3) is 0 Å². The van der Waals surface area contributed by atoms with E-state index in [9.17, 15) is 19.2 Å². The summed E-state index contributed by atoms with van der Waals surface area (Å²) in [5.74, 6) is -0.135. The molecule has 0 N–H and O–H groups in total. The van der Waals surface area contributed by atoms with Crippen molar-refractivity contribution in [2.45, 2.75) is 26.7 Å². The Bertz CT molecular complexity index is 537. The molecule has 2 aliphatic heterocycles. The van der Waals surface area contributed by atoms with Crippen LogP contribution in [0.5, 0.6) is 0 Å². The molecule has 3 aliphatic rings. The van der Waals surface area contributed by atoms with Gasteiger partial charge in [-0.2, -0.15) is 0 Å². The van der Waals surface area contributed by atoms with Crippen molar-refractivity contribution in [1.82, 2.24) is 19.6 Å². The fraction of sp³-hybridized carbons (Fsp3) is 0.765. The Balaban J connectivity index is 1.58. The monoisotopic (exact) mass is 350 g/mol. The smallest absolute Gasteiger partial charge is 0.238 e. The van der Waals surface area contributed by atoms with Crippen molar-refractivity contribution >= 4 is 23.6 Å². The third-order valence-electron chi connectivity index (χ3n) is 5.59. The highest BCUT2D eigenvalue weighted by atomic mass is 16.2. The molecular weight excluding hydrogens is 324 g/mol. The first-order valence-electron chi connectivity index (χ1n) is 8.95. The fourth-order valence-corrected chi connectivity index (χ4v) is 3.70. The highest BCUT2D eigenvalue weighted by molar-refractivity contribution is 6.08.